The average Bonchev–Trinajstić information content (AvgIpc) is 2.80. The van der Waals surface area contributed by atoms with Crippen LogP contribution in [-0.2, 0) is 13.1 Å². The first-order valence-corrected chi connectivity index (χ1v) is 5.87. The average molecular weight is 270 g/mol. The van der Waals surface area contributed by atoms with Crippen molar-refractivity contribution in [2.45, 2.75) is 26.4 Å². The normalized spacial score (nSPS) is 10.7. The summed E-state index contributed by atoms with van der Waals surface area (Å²) in [6.45, 7) is 2.87. The SMILES string of the molecule is CCCn1ncnc1CNc1cc(F)c(F)cc1F. The predicted octanol–water partition coefficient (Wildman–Crippen LogP) is 2.72. The van der Waals surface area contributed by atoms with Crippen molar-refractivity contribution in [2.75, 3.05) is 5.32 Å². The summed E-state index contributed by atoms with van der Waals surface area (Å²) in [6, 6.07) is 1.29. The molecule has 19 heavy (non-hydrogen) atoms. The maximum atomic E-state index is 13.4. The van der Waals surface area contributed by atoms with E-state index in [1.165, 1.54) is 6.33 Å². The summed E-state index contributed by atoms with van der Waals surface area (Å²) in [5.74, 6) is -2.55. The fourth-order valence-corrected chi connectivity index (χ4v) is 1.66. The van der Waals surface area contributed by atoms with Gasteiger partial charge in [0.05, 0.1) is 12.2 Å². The van der Waals surface area contributed by atoms with Crippen molar-refractivity contribution in [1.29, 1.82) is 0 Å². The molecule has 0 aliphatic rings. The van der Waals surface area contributed by atoms with Crippen molar-refractivity contribution in [3.63, 3.8) is 0 Å². The highest BCUT2D eigenvalue weighted by molar-refractivity contribution is 5.45. The minimum Gasteiger partial charge on any atom is -0.375 e. The number of benzene rings is 1. The fourth-order valence-electron chi connectivity index (χ4n) is 1.66. The highest BCUT2D eigenvalue weighted by Gasteiger charge is 2.10. The molecule has 0 unspecified atom stereocenters. The Bertz CT molecular complexity index is 568. The lowest BCUT2D eigenvalue weighted by molar-refractivity contribution is 0.496. The Kier molecular flexibility index (Phi) is 4.03. The number of aryl methyl sites for hydroxylation is 1. The zero-order valence-corrected chi connectivity index (χ0v) is 10.3. The van der Waals surface area contributed by atoms with Crippen LogP contribution in [0, 0.1) is 17.5 Å². The largest absolute Gasteiger partial charge is 0.375 e. The molecule has 0 fully saturated rings. The summed E-state index contributed by atoms with van der Waals surface area (Å²) in [7, 11) is 0. The lowest BCUT2D eigenvalue weighted by Crippen LogP contribution is -2.11. The van der Waals surface area contributed by atoms with Crippen LogP contribution in [0.25, 0.3) is 0 Å². The number of rotatable bonds is 5. The molecule has 1 aromatic carbocycles. The summed E-state index contributed by atoms with van der Waals surface area (Å²) in [4.78, 5) is 4.02. The lowest BCUT2D eigenvalue weighted by atomic mass is 10.3. The predicted molar refractivity (Wildman–Crippen MR) is 64.0 cm³/mol. The molecule has 0 saturated heterocycles. The van der Waals surface area contributed by atoms with Gasteiger partial charge in [-0.15, -0.1) is 0 Å². The zero-order chi connectivity index (χ0) is 13.8. The molecular weight excluding hydrogens is 257 g/mol. The Morgan fingerprint density at radius 3 is 2.63 bits per heavy atom. The Morgan fingerprint density at radius 2 is 1.89 bits per heavy atom. The van der Waals surface area contributed by atoms with Crippen LogP contribution in [-0.4, -0.2) is 14.8 Å². The van der Waals surface area contributed by atoms with Gasteiger partial charge in [-0.25, -0.2) is 22.8 Å². The summed E-state index contributed by atoms with van der Waals surface area (Å²) >= 11 is 0. The molecule has 0 atom stereocenters. The van der Waals surface area contributed by atoms with Crippen LogP contribution in [0.2, 0.25) is 0 Å². The first kappa shape index (κ1) is 13.4. The van der Waals surface area contributed by atoms with Gasteiger partial charge >= 0.3 is 0 Å². The van der Waals surface area contributed by atoms with Gasteiger partial charge in [0.2, 0.25) is 0 Å². The number of hydrogen-bond acceptors (Lipinski definition) is 3. The van der Waals surface area contributed by atoms with E-state index in [4.69, 9.17) is 0 Å². The van der Waals surface area contributed by atoms with E-state index in [1.54, 1.807) is 4.68 Å². The Balaban J connectivity index is 2.10. The van der Waals surface area contributed by atoms with Gasteiger partial charge in [0.1, 0.15) is 18.0 Å². The first-order valence-electron chi connectivity index (χ1n) is 5.87. The van der Waals surface area contributed by atoms with Crippen molar-refractivity contribution in [1.82, 2.24) is 14.8 Å². The Morgan fingerprint density at radius 1 is 1.16 bits per heavy atom. The Labute approximate surface area is 108 Å². The molecule has 4 nitrogen and oxygen atoms in total. The van der Waals surface area contributed by atoms with Crippen LogP contribution in [0.1, 0.15) is 19.2 Å². The number of halogens is 3. The molecule has 0 saturated carbocycles. The van der Waals surface area contributed by atoms with E-state index in [9.17, 15) is 13.2 Å². The van der Waals surface area contributed by atoms with Crippen LogP contribution in [0.3, 0.4) is 0 Å². The summed E-state index contributed by atoms with van der Waals surface area (Å²) in [6.07, 6.45) is 2.28. The molecule has 1 heterocycles. The second kappa shape index (κ2) is 5.73. The van der Waals surface area contributed by atoms with Gasteiger partial charge in [-0.2, -0.15) is 5.10 Å². The van der Waals surface area contributed by atoms with Crippen molar-refractivity contribution in [3.8, 4) is 0 Å². The second-order valence-corrected chi connectivity index (χ2v) is 4.00. The smallest absolute Gasteiger partial charge is 0.161 e. The molecule has 1 aromatic heterocycles. The standard InChI is InChI=1S/C12H13F3N4/c1-2-3-19-12(17-7-18-19)6-16-11-5-9(14)8(13)4-10(11)15/h4-5,7,16H,2-3,6H2,1H3. The van der Waals surface area contributed by atoms with E-state index in [-0.39, 0.29) is 12.2 Å². The summed E-state index contributed by atoms with van der Waals surface area (Å²) in [5.41, 5.74) is -0.107. The number of nitrogens with one attached hydrogen (secondary N) is 1. The molecule has 1 N–H and O–H groups in total. The molecule has 0 radical (unpaired) electrons. The summed E-state index contributed by atoms with van der Waals surface area (Å²) in [5, 5.41) is 6.69. The molecule has 0 aliphatic carbocycles. The van der Waals surface area contributed by atoms with E-state index in [1.807, 2.05) is 6.92 Å². The topological polar surface area (TPSA) is 42.7 Å². The number of aromatic nitrogens is 3. The molecule has 0 spiro atoms. The quantitative estimate of drug-likeness (QED) is 0.849. The number of hydrogen-bond donors (Lipinski definition) is 1. The van der Waals surface area contributed by atoms with Crippen LogP contribution < -0.4 is 5.32 Å². The first-order chi connectivity index (χ1) is 9.11. The molecule has 0 aliphatic heterocycles. The van der Waals surface area contributed by atoms with Crippen molar-refractivity contribution in [2.24, 2.45) is 0 Å². The van der Waals surface area contributed by atoms with E-state index < -0.39 is 17.5 Å². The van der Waals surface area contributed by atoms with E-state index >= 15 is 0 Å². The highest BCUT2D eigenvalue weighted by atomic mass is 19.2. The molecular formula is C12H13F3N4. The van der Waals surface area contributed by atoms with Crippen molar-refractivity contribution < 1.29 is 13.2 Å². The van der Waals surface area contributed by atoms with E-state index in [0.717, 1.165) is 12.5 Å². The third-order valence-electron chi connectivity index (χ3n) is 2.58. The lowest BCUT2D eigenvalue weighted by Gasteiger charge is -2.09. The molecule has 7 heteroatoms. The van der Waals surface area contributed by atoms with Gasteiger partial charge in [0.25, 0.3) is 0 Å². The maximum Gasteiger partial charge on any atom is 0.161 e. The molecule has 0 amide bonds. The van der Waals surface area contributed by atoms with Gasteiger partial charge in [-0.3, -0.25) is 0 Å². The minimum atomic E-state index is -1.21. The third kappa shape index (κ3) is 3.04. The molecule has 0 bridgehead atoms. The fraction of sp³-hybridized carbons (Fsp3) is 0.333. The monoisotopic (exact) mass is 270 g/mol. The Hall–Kier alpha value is -2.05. The van der Waals surface area contributed by atoms with Gasteiger partial charge in [0.15, 0.2) is 11.6 Å². The zero-order valence-electron chi connectivity index (χ0n) is 10.3. The minimum absolute atomic E-state index is 0.107. The highest BCUT2D eigenvalue weighted by Crippen LogP contribution is 2.18. The van der Waals surface area contributed by atoms with E-state index in [2.05, 4.69) is 15.4 Å². The van der Waals surface area contributed by atoms with Crippen LogP contribution in [0.15, 0.2) is 18.5 Å². The van der Waals surface area contributed by atoms with Gasteiger partial charge in [0, 0.05) is 18.7 Å². The van der Waals surface area contributed by atoms with Crippen molar-refractivity contribution in [3.05, 3.63) is 41.7 Å². The summed E-state index contributed by atoms with van der Waals surface area (Å²) < 4.78 is 40.8. The number of anilines is 1. The van der Waals surface area contributed by atoms with Gasteiger partial charge in [-0.05, 0) is 6.42 Å². The maximum absolute atomic E-state index is 13.4. The van der Waals surface area contributed by atoms with Gasteiger partial charge in [-0.1, -0.05) is 6.92 Å². The second-order valence-electron chi connectivity index (χ2n) is 4.00. The third-order valence-corrected chi connectivity index (χ3v) is 2.58. The van der Waals surface area contributed by atoms with Crippen LogP contribution in [0.5, 0.6) is 0 Å². The molecule has 102 valence electrons. The molecule has 2 aromatic rings. The van der Waals surface area contributed by atoms with Gasteiger partial charge < -0.3 is 5.32 Å². The van der Waals surface area contributed by atoms with Crippen LogP contribution in [0.4, 0.5) is 18.9 Å². The van der Waals surface area contributed by atoms with Crippen LogP contribution >= 0.6 is 0 Å². The van der Waals surface area contributed by atoms with Crippen molar-refractivity contribution >= 4 is 5.69 Å². The molecule has 2 rings (SSSR count). The van der Waals surface area contributed by atoms with E-state index in [0.29, 0.717) is 18.4 Å². The number of nitrogens with zero attached hydrogens (tertiary/aromatic N) is 3.